The van der Waals surface area contributed by atoms with Gasteiger partial charge in [-0.05, 0) is 73.1 Å². The van der Waals surface area contributed by atoms with Crippen LogP contribution in [0.2, 0.25) is 0 Å². The predicted molar refractivity (Wildman–Crippen MR) is 190 cm³/mol. The summed E-state index contributed by atoms with van der Waals surface area (Å²) in [5, 5.41) is 19.2. The topological polar surface area (TPSA) is 115 Å². The highest BCUT2D eigenvalue weighted by atomic mass is 16.5. The summed E-state index contributed by atoms with van der Waals surface area (Å²) in [5.41, 5.74) is 9.55. The number of benzene rings is 3. The molecule has 1 unspecified atom stereocenters. The molecule has 3 aromatic carbocycles. The highest BCUT2D eigenvalue weighted by molar-refractivity contribution is 5.98. The monoisotopic (exact) mass is 647 g/mol. The third-order valence-electron chi connectivity index (χ3n) is 9.26. The van der Waals surface area contributed by atoms with Crippen molar-refractivity contribution >= 4 is 23.7 Å². The van der Waals surface area contributed by atoms with Gasteiger partial charge in [-0.15, -0.1) is 0 Å². The van der Waals surface area contributed by atoms with Gasteiger partial charge in [0, 0.05) is 56.3 Å². The molecule has 48 heavy (non-hydrogen) atoms. The smallest absolute Gasteiger partial charge is 0.246 e. The first-order chi connectivity index (χ1) is 23.3. The first kappa shape index (κ1) is 33.1. The molecule has 6 rings (SSSR count). The molecular formula is C38H45N7O3. The molecule has 3 heterocycles. The van der Waals surface area contributed by atoms with Crippen LogP contribution in [0.3, 0.4) is 0 Å². The molecule has 1 saturated heterocycles. The highest BCUT2D eigenvalue weighted by Crippen LogP contribution is 2.27. The van der Waals surface area contributed by atoms with Gasteiger partial charge in [0.15, 0.2) is 0 Å². The van der Waals surface area contributed by atoms with Crippen molar-refractivity contribution in [1.29, 1.82) is 0 Å². The molecule has 0 aliphatic carbocycles. The molecule has 2 aliphatic rings. The van der Waals surface area contributed by atoms with E-state index in [4.69, 9.17) is 4.74 Å². The third kappa shape index (κ3) is 8.18. The van der Waals surface area contributed by atoms with E-state index in [1.807, 2.05) is 38.1 Å². The Labute approximate surface area is 282 Å². The van der Waals surface area contributed by atoms with Crippen LogP contribution in [0.15, 0.2) is 77.9 Å². The third-order valence-corrected chi connectivity index (χ3v) is 9.26. The number of hydrogen-bond donors (Lipinski definition) is 3. The van der Waals surface area contributed by atoms with E-state index in [1.54, 1.807) is 18.3 Å². The van der Waals surface area contributed by atoms with E-state index in [2.05, 4.69) is 79.4 Å². The first-order valence-electron chi connectivity index (χ1n) is 16.8. The highest BCUT2D eigenvalue weighted by Gasteiger charge is 2.29. The fourth-order valence-electron chi connectivity index (χ4n) is 6.44. The maximum atomic E-state index is 13.6. The Balaban J connectivity index is 1.06. The van der Waals surface area contributed by atoms with E-state index in [1.165, 1.54) is 22.3 Å². The van der Waals surface area contributed by atoms with Crippen molar-refractivity contribution in [1.82, 2.24) is 25.4 Å². The Morgan fingerprint density at radius 3 is 2.17 bits per heavy atom. The van der Waals surface area contributed by atoms with E-state index in [-0.39, 0.29) is 11.8 Å². The number of carbonyl (C=O) groups is 2. The molecule has 250 valence electrons. The van der Waals surface area contributed by atoms with Gasteiger partial charge in [0.05, 0.1) is 18.9 Å². The molecule has 0 saturated carbocycles. The number of H-pyrrole nitrogens is 1. The normalized spacial score (nSPS) is 17.0. The molecule has 4 aromatic rings. The van der Waals surface area contributed by atoms with E-state index in [0.717, 1.165) is 68.2 Å². The van der Waals surface area contributed by atoms with Crippen LogP contribution < -0.4 is 10.6 Å². The Morgan fingerprint density at radius 2 is 1.56 bits per heavy atom. The lowest BCUT2D eigenvalue weighted by Gasteiger charge is -2.26. The molecule has 2 amide bonds. The number of aromatic amines is 1. The average molecular weight is 648 g/mol. The number of hydrazone groups is 1. The van der Waals surface area contributed by atoms with Crippen LogP contribution in [0.5, 0.6) is 0 Å². The quantitative estimate of drug-likeness (QED) is 0.192. The minimum Gasteiger partial charge on any atom is -0.379 e. The molecule has 1 aromatic heterocycles. The van der Waals surface area contributed by atoms with E-state index < -0.39 is 12.1 Å². The molecule has 0 radical (unpaired) electrons. The van der Waals surface area contributed by atoms with Crippen molar-refractivity contribution in [2.45, 2.75) is 58.2 Å². The fraction of sp³-hybridized carbons (Fsp3) is 0.368. The van der Waals surface area contributed by atoms with E-state index >= 15 is 0 Å². The van der Waals surface area contributed by atoms with Crippen LogP contribution in [-0.4, -0.2) is 83.6 Å². The van der Waals surface area contributed by atoms with Gasteiger partial charge in [-0.25, -0.2) is 0 Å². The van der Waals surface area contributed by atoms with Crippen molar-refractivity contribution in [2.75, 3.05) is 38.7 Å². The van der Waals surface area contributed by atoms with Crippen molar-refractivity contribution in [3.8, 4) is 22.3 Å². The Morgan fingerprint density at radius 1 is 0.917 bits per heavy atom. The largest absolute Gasteiger partial charge is 0.379 e. The number of carbonyl (C=O) groups excluding carboxylic acids is 2. The van der Waals surface area contributed by atoms with Crippen LogP contribution >= 0.6 is 0 Å². The Kier molecular flexibility index (Phi) is 10.6. The maximum absolute atomic E-state index is 13.6. The van der Waals surface area contributed by atoms with E-state index in [0.29, 0.717) is 18.5 Å². The molecule has 2 aliphatic heterocycles. The number of rotatable bonds is 12. The molecule has 1 fully saturated rings. The van der Waals surface area contributed by atoms with Crippen LogP contribution in [0.25, 0.3) is 22.3 Å². The summed E-state index contributed by atoms with van der Waals surface area (Å²) < 4.78 is 5.46. The van der Waals surface area contributed by atoms with Crippen molar-refractivity contribution in [3.05, 3.63) is 95.3 Å². The summed E-state index contributed by atoms with van der Waals surface area (Å²) in [5.74, 6) is -0.433. The molecule has 3 N–H and O–H groups in total. The number of amides is 2. The second-order valence-corrected chi connectivity index (χ2v) is 12.7. The average Bonchev–Trinajstić information content (AvgIpc) is 3.69. The number of nitrogens with zero attached hydrogens (tertiary/aromatic N) is 4. The number of ether oxygens (including phenoxy) is 1. The zero-order chi connectivity index (χ0) is 33.5. The van der Waals surface area contributed by atoms with Crippen LogP contribution in [0.1, 0.15) is 41.8 Å². The molecule has 10 heteroatoms. The molecule has 0 spiro atoms. The van der Waals surface area contributed by atoms with Gasteiger partial charge in [-0.2, -0.15) is 10.2 Å². The zero-order valence-corrected chi connectivity index (χ0v) is 28.0. The fourth-order valence-corrected chi connectivity index (χ4v) is 6.44. The standard InChI is InChI=1S/C38H45N7O3/c1-26-36(27(2)43-42-26)32-15-17-33(18-16-32)40-37(46)34(41-38(47)35-19-20-39-44(35)3)6-4-5-28-7-11-30(12-8-28)31-13-9-29(10-14-31)25-45-21-23-48-24-22-45/h7-18,20,34-35H,4-6,19,21-25H2,1-3H3,(H,40,46)(H,41,47)(H,42,43)/t34-,35?/m0/s1. The molecular weight excluding hydrogens is 602 g/mol. The number of morpholine rings is 1. The number of likely N-dealkylation sites (N-methyl/N-ethyl adjacent to an activating group) is 1. The number of anilines is 1. The maximum Gasteiger partial charge on any atom is 0.246 e. The minimum absolute atomic E-state index is 0.197. The lowest BCUT2D eigenvalue weighted by molar-refractivity contribution is -0.129. The van der Waals surface area contributed by atoms with Crippen LogP contribution in [0.4, 0.5) is 5.69 Å². The molecule has 10 nitrogen and oxygen atoms in total. The van der Waals surface area contributed by atoms with Gasteiger partial charge in [0.2, 0.25) is 11.8 Å². The summed E-state index contributed by atoms with van der Waals surface area (Å²) in [4.78, 5) is 29.1. The summed E-state index contributed by atoms with van der Waals surface area (Å²) in [6, 6.07) is 24.0. The van der Waals surface area contributed by atoms with Crippen molar-refractivity contribution in [3.63, 3.8) is 0 Å². The molecule has 2 atom stereocenters. The number of aryl methyl sites for hydroxylation is 3. The van der Waals surface area contributed by atoms with Crippen molar-refractivity contribution in [2.24, 2.45) is 5.10 Å². The SMILES string of the molecule is Cc1n[nH]c(C)c1-c1ccc(NC(=O)[C@H](CCCc2ccc(-c3ccc(CN4CCOCC4)cc3)cc2)NC(=O)C2CC=NN2C)cc1. The summed E-state index contributed by atoms with van der Waals surface area (Å²) >= 11 is 0. The van der Waals surface area contributed by atoms with Gasteiger partial charge in [-0.3, -0.25) is 24.6 Å². The number of hydrogen-bond acceptors (Lipinski definition) is 7. The van der Waals surface area contributed by atoms with Gasteiger partial charge in [0.25, 0.3) is 0 Å². The Hall–Kier alpha value is -4.80. The first-order valence-corrected chi connectivity index (χ1v) is 16.8. The zero-order valence-electron chi connectivity index (χ0n) is 28.0. The van der Waals surface area contributed by atoms with Gasteiger partial charge in [0.1, 0.15) is 12.1 Å². The summed E-state index contributed by atoms with van der Waals surface area (Å²) in [7, 11) is 1.78. The van der Waals surface area contributed by atoms with E-state index in [9.17, 15) is 9.59 Å². The summed E-state index contributed by atoms with van der Waals surface area (Å²) in [6.07, 6.45) is 4.29. The van der Waals surface area contributed by atoms with Gasteiger partial charge in [-0.1, -0.05) is 60.7 Å². The lowest BCUT2D eigenvalue weighted by atomic mass is 9.99. The Bertz CT molecular complexity index is 1690. The number of nitrogens with one attached hydrogen (secondary N) is 3. The number of aromatic nitrogens is 2. The summed E-state index contributed by atoms with van der Waals surface area (Å²) in [6.45, 7) is 8.49. The van der Waals surface area contributed by atoms with Crippen LogP contribution in [0, 0.1) is 13.8 Å². The second-order valence-electron chi connectivity index (χ2n) is 12.7. The minimum atomic E-state index is -0.681. The lowest BCUT2D eigenvalue weighted by Crippen LogP contribution is -2.50. The second kappa shape index (κ2) is 15.4. The van der Waals surface area contributed by atoms with Crippen LogP contribution in [-0.2, 0) is 27.3 Å². The predicted octanol–water partition coefficient (Wildman–Crippen LogP) is 5.33. The van der Waals surface area contributed by atoms with Crippen molar-refractivity contribution < 1.29 is 14.3 Å². The van der Waals surface area contributed by atoms with Gasteiger partial charge < -0.3 is 15.4 Å². The molecule has 0 bridgehead atoms. The van der Waals surface area contributed by atoms with Gasteiger partial charge >= 0.3 is 0 Å².